The number of nitrogens with one attached hydrogen (secondary N) is 1. The Morgan fingerprint density at radius 2 is 2.67 bits per heavy atom. The molecule has 0 atom stereocenters. The molecule has 1 aliphatic rings. The first-order chi connectivity index (χ1) is 2.89. The molecule has 1 N–H and O–H groups in total. The summed E-state index contributed by atoms with van der Waals surface area (Å²) in [4.78, 5) is 0. The fraction of sp³-hybridized carbons (Fsp3) is 0.667. The fourth-order valence-electron chi connectivity index (χ4n) is 0.326. The molecular weight excluding hydrogens is 266 g/mol. The molecule has 34 valence electrons. The van der Waals surface area contributed by atoms with Crippen molar-refractivity contribution in [3.63, 3.8) is 0 Å². The first kappa shape index (κ1) is 5.01. The van der Waals surface area contributed by atoms with Crippen molar-refractivity contribution in [1.29, 1.82) is 0 Å². The second-order valence-corrected chi connectivity index (χ2v) is 3.80. The molecule has 0 amide bonds. The zero-order valence-corrected chi connectivity index (χ0v) is 6.98. The van der Waals surface area contributed by atoms with Gasteiger partial charge in [0.2, 0.25) is 0 Å². The van der Waals surface area contributed by atoms with Crippen LogP contribution in [0.2, 0.25) is 0 Å². The molecule has 1 saturated heterocycles. The first-order valence-corrected chi connectivity index (χ1v) is 4.25. The molecule has 0 unspecified atom stereocenters. The van der Waals surface area contributed by atoms with Gasteiger partial charge in [0.1, 0.15) is 0 Å². The Bertz CT molecular complexity index is 65.2. The van der Waals surface area contributed by atoms with Gasteiger partial charge in [-0.15, -0.1) is 0 Å². The molecule has 1 heterocycles. The minimum absolute atomic E-state index is 1.28. The van der Waals surface area contributed by atoms with Crippen LogP contribution in [0.3, 0.4) is 0 Å². The van der Waals surface area contributed by atoms with E-state index in [1.807, 2.05) is 11.9 Å². The van der Waals surface area contributed by atoms with Gasteiger partial charge in [-0.1, -0.05) is 0 Å². The molecule has 0 bridgehead atoms. The van der Waals surface area contributed by atoms with Gasteiger partial charge in [-0.3, -0.25) is 0 Å². The molecule has 1 fully saturated rings. The zero-order chi connectivity index (χ0) is 4.41. The monoisotopic (exact) mass is 271 g/mol. The predicted molar refractivity (Wildman–Crippen MR) is 25.2 cm³/mol. The molecule has 0 aromatic heterocycles. The van der Waals surface area contributed by atoms with Crippen molar-refractivity contribution in [2.75, 3.05) is 5.75 Å². The molecule has 0 spiro atoms. The Labute approximate surface area is 52.4 Å². The summed E-state index contributed by atoms with van der Waals surface area (Å²) in [5.74, 6) is 1.28. The maximum absolute atomic E-state index is 3.19. The third kappa shape index (κ3) is 1.18. The summed E-state index contributed by atoms with van der Waals surface area (Å²) in [6.07, 6.45) is 1.29. The normalized spacial score (nSPS) is 22.3. The van der Waals surface area contributed by atoms with E-state index in [-0.39, 0.29) is 0 Å². The Balaban J connectivity index is 2.37. The van der Waals surface area contributed by atoms with E-state index in [0.29, 0.717) is 0 Å². The summed E-state index contributed by atoms with van der Waals surface area (Å²) in [6.45, 7) is 0. The van der Waals surface area contributed by atoms with Gasteiger partial charge >= 0.3 is 52.2 Å². The molecule has 1 rings (SSSR count). The van der Waals surface area contributed by atoms with Gasteiger partial charge in [0, 0.05) is 0 Å². The summed E-state index contributed by atoms with van der Waals surface area (Å²) in [7, 11) is 0. The molecule has 3 heteroatoms. The van der Waals surface area contributed by atoms with Gasteiger partial charge < -0.3 is 0 Å². The van der Waals surface area contributed by atoms with Crippen LogP contribution in [0.25, 0.3) is 0 Å². The molecule has 0 aromatic carbocycles. The molecule has 0 aliphatic carbocycles. The topological polar surface area (TPSA) is 12.0 Å². The van der Waals surface area contributed by atoms with E-state index in [9.17, 15) is 0 Å². The average Bonchev–Trinajstić information content (AvgIpc) is 1.86. The van der Waals surface area contributed by atoms with Crippen LogP contribution in [-0.4, -0.2) is 9.77 Å². The van der Waals surface area contributed by atoms with Crippen LogP contribution in [0.15, 0.2) is 0 Å². The molecule has 0 aromatic rings. The zero-order valence-electron chi connectivity index (χ0n) is 3.23. The SMILES string of the molecule is [W]=[C]1CCSN1. The summed E-state index contributed by atoms with van der Waals surface area (Å²) in [6, 6.07) is 0. The number of hydrogen-bond donors (Lipinski definition) is 1. The molecular formula is C3H5NSW. The standard InChI is InChI=1S/C3H5NS.W/c1-2-4-5-3-1;/h4H,1,3H2;. The van der Waals surface area contributed by atoms with Crippen molar-refractivity contribution in [3.05, 3.63) is 0 Å². The number of hydrogen-bond acceptors (Lipinski definition) is 2. The van der Waals surface area contributed by atoms with Gasteiger partial charge in [-0.25, -0.2) is 0 Å². The van der Waals surface area contributed by atoms with E-state index >= 15 is 0 Å². The van der Waals surface area contributed by atoms with Crippen LogP contribution in [0.5, 0.6) is 0 Å². The first-order valence-electron chi connectivity index (χ1n) is 1.80. The molecule has 6 heavy (non-hydrogen) atoms. The Morgan fingerprint density at radius 1 is 1.83 bits per heavy atom. The van der Waals surface area contributed by atoms with Gasteiger partial charge in [-0.2, -0.15) is 0 Å². The summed E-state index contributed by atoms with van der Waals surface area (Å²) >= 11 is 3.41. The van der Waals surface area contributed by atoms with Crippen molar-refractivity contribution >= 4 is 16.0 Å². The third-order valence-corrected chi connectivity index (χ3v) is 3.03. The van der Waals surface area contributed by atoms with Crippen molar-refractivity contribution in [2.45, 2.75) is 6.42 Å². The Kier molecular flexibility index (Phi) is 1.88. The average molecular weight is 271 g/mol. The van der Waals surface area contributed by atoms with E-state index in [4.69, 9.17) is 0 Å². The summed E-state index contributed by atoms with van der Waals surface area (Å²) < 4.78 is 4.69. The maximum atomic E-state index is 3.19. The van der Waals surface area contributed by atoms with Crippen molar-refractivity contribution in [1.82, 2.24) is 4.72 Å². The third-order valence-electron chi connectivity index (χ3n) is 0.617. The van der Waals surface area contributed by atoms with Crippen molar-refractivity contribution in [2.24, 2.45) is 0 Å². The minimum atomic E-state index is 1.28. The summed E-state index contributed by atoms with van der Waals surface area (Å²) in [5, 5.41) is 0. The van der Waals surface area contributed by atoms with Gasteiger partial charge in [-0.05, 0) is 0 Å². The van der Waals surface area contributed by atoms with E-state index in [1.54, 1.807) is 19.4 Å². The van der Waals surface area contributed by atoms with Crippen LogP contribution < -0.4 is 4.72 Å². The second-order valence-electron chi connectivity index (χ2n) is 1.12. The second kappa shape index (κ2) is 2.25. The van der Waals surface area contributed by atoms with Crippen LogP contribution in [0.1, 0.15) is 6.42 Å². The van der Waals surface area contributed by atoms with E-state index in [0.717, 1.165) is 0 Å². The van der Waals surface area contributed by atoms with E-state index < -0.39 is 0 Å². The molecule has 0 radical (unpaired) electrons. The van der Waals surface area contributed by atoms with Crippen molar-refractivity contribution < 1.29 is 19.4 Å². The number of rotatable bonds is 0. The van der Waals surface area contributed by atoms with Gasteiger partial charge in [0.25, 0.3) is 0 Å². The van der Waals surface area contributed by atoms with Crippen LogP contribution >= 0.6 is 11.9 Å². The molecule has 0 saturated carbocycles. The summed E-state index contributed by atoms with van der Waals surface area (Å²) in [5.41, 5.74) is 0. The Hall–Kier alpha value is 0.868. The Morgan fingerprint density at radius 3 is 2.83 bits per heavy atom. The quantitative estimate of drug-likeness (QED) is 0.636. The van der Waals surface area contributed by atoms with Crippen LogP contribution in [0, 0.1) is 0 Å². The van der Waals surface area contributed by atoms with Crippen molar-refractivity contribution in [3.8, 4) is 0 Å². The van der Waals surface area contributed by atoms with E-state index in [1.165, 1.54) is 16.2 Å². The fourth-order valence-corrected chi connectivity index (χ4v) is 2.51. The van der Waals surface area contributed by atoms with Gasteiger partial charge in [0.15, 0.2) is 0 Å². The predicted octanol–water partition coefficient (Wildman–Crippen LogP) is 0.305. The molecule has 1 aliphatic heterocycles. The molecule has 1 nitrogen and oxygen atoms in total. The van der Waals surface area contributed by atoms with Crippen LogP contribution in [0.4, 0.5) is 0 Å². The van der Waals surface area contributed by atoms with Gasteiger partial charge in [0.05, 0.1) is 0 Å². The van der Waals surface area contributed by atoms with E-state index in [2.05, 4.69) is 4.72 Å². The van der Waals surface area contributed by atoms with Crippen LogP contribution in [-0.2, 0) is 19.4 Å².